The average molecular weight is 376 g/mol. The van der Waals surface area contributed by atoms with E-state index in [-0.39, 0.29) is 18.5 Å². The van der Waals surface area contributed by atoms with Crippen LogP contribution in [0, 0.1) is 6.92 Å². The zero-order valence-corrected chi connectivity index (χ0v) is 15.3. The number of carbonyl (C=O) groups is 2. The fraction of sp³-hybridized carbons (Fsp3) is 0.263. The molecule has 26 heavy (non-hydrogen) atoms. The summed E-state index contributed by atoms with van der Waals surface area (Å²) in [7, 11) is 0. The first kappa shape index (κ1) is 18.1. The van der Waals surface area contributed by atoms with Crippen LogP contribution in [0.3, 0.4) is 0 Å². The number of rotatable bonds is 5. The lowest BCUT2D eigenvalue weighted by Gasteiger charge is -2.17. The van der Waals surface area contributed by atoms with E-state index in [1.165, 1.54) is 6.92 Å². The van der Waals surface area contributed by atoms with Crippen molar-refractivity contribution in [2.45, 2.75) is 26.9 Å². The van der Waals surface area contributed by atoms with Crippen molar-refractivity contribution in [2.75, 3.05) is 12.1 Å². The first-order valence-corrected chi connectivity index (χ1v) is 8.41. The highest BCUT2D eigenvalue weighted by molar-refractivity contribution is 6.30. The largest absolute Gasteiger partial charge is 0.481 e. The highest BCUT2D eigenvalue weighted by Crippen LogP contribution is 2.37. The normalized spacial score (nSPS) is 13.2. The first-order valence-electron chi connectivity index (χ1n) is 8.03. The van der Waals surface area contributed by atoms with E-state index < -0.39 is 6.10 Å². The van der Waals surface area contributed by atoms with Crippen LogP contribution in [-0.2, 0) is 4.79 Å². The average Bonchev–Trinajstić information content (AvgIpc) is 3.03. The van der Waals surface area contributed by atoms with E-state index in [2.05, 4.69) is 5.32 Å². The molecule has 7 heteroatoms. The van der Waals surface area contributed by atoms with Gasteiger partial charge in [0.2, 0.25) is 6.79 Å². The number of ether oxygens (including phenoxy) is 3. The minimum atomic E-state index is -0.778. The van der Waals surface area contributed by atoms with E-state index in [0.29, 0.717) is 33.5 Å². The molecule has 3 rings (SSSR count). The number of benzene rings is 2. The van der Waals surface area contributed by atoms with Crippen LogP contribution in [0.4, 0.5) is 5.69 Å². The van der Waals surface area contributed by atoms with Crippen LogP contribution >= 0.6 is 11.6 Å². The Labute approximate surface area is 156 Å². The predicted octanol–water partition coefficient (Wildman–Crippen LogP) is 3.99. The van der Waals surface area contributed by atoms with Crippen LogP contribution in [-0.4, -0.2) is 24.6 Å². The second-order valence-electron chi connectivity index (χ2n) is 5.97. The number of aryl methyl sites for hydroxylation is 1. The Morgan fingerprint density at radius 3 is 2.54 bits per heavy atom. The molecule has 136 valence electrons. The van der Waals surface area contributed by atoms with Crippen molar-refractivity contribution in [3.8, 4) is 17.2 Å². The number of ketones is 1. The van der Waals surface area contributed by atoms with Gasteiger partial charge in [0.1, 0.15) is 5.75 Å². The van der Waals surface area contributed by atoms with Crippen molar-refractivity contribution in [3.05, 3.63) is 46.5 Å². The van der Waals surface area contributed by atoms with Gasteiger partial charge < -0.3 is 19.5 Å². The van der Waals surface area contributed by atoms with Gasteiger partial charge in [-0.15, -0.1) is 0 Å². The third-order valence-electron chi connectivity index (χ3n) is 3.96. The zero-order chi connectivity index (χ0) is 18.8. The molecule has 0 fully saturated rings. The molecule has 6 nitrogen and oxygen atoms in total. The number of hydrogen-bond donors (Lipinski definition) is 1. The molecule has 0 aromatic heterocycles. The quantitative estimate of drug-likeness (QED) is 0.800. The Balaban J connectivity index is 1.78. The van der Waals surface area contributed by atoms with E-state index in [0.717, 1.165) is 5.56 Å². The summed E-state index contributed by atoms with van der Waals surface area (Å²) < 4.78 is 16.3. The topological polar surface area (TPSA) is 73.9 Å². The molecule has 1 N–H and O–H groups in total. The second kappa shape index (κ2) is 7.25. The van der Waals surface area contributed by atoms with Crippen LogP contribution in [0.1, 0.15) is 29.8 Å². The number of anilines is 1. The Bertz CT molecular complexity index is 880. The maximum absolute atomic E-state index is 12.5. The van der Waals surface area contributed by atoms with Gasteiger partial charge in [-0.3, -0.25) is 9.59 Å². The number of hydrogen-bond acceptors (Lipinski definition) is 5. The second-order valence-corrected chi connectivity index (χ2v) is 6.40. The van der Waals surface area contributed by atoms with Crippen LogP contribution in [0.5, 0.6) is 17.2 Å². The number of fused-ring (bicyclic) bond motifs is 1. The van der Waals surface area contributed by atoms with Gasteiger partial charge in [-0.25, -0.2) is 0 Å². The Hall–Kier alpha value is -2.73. The van der Waals surface area contributed by atoms with Crippen molar-refractivity contribution < 1.29 is 23.8 Å². The summed E-state index contributed by atoms with van der Waals surface area (Å²) in [5.41, 5.74) is 1.53. The fourth-order valence-corrected chi connectivity index (χ4v) is 2.79. The number of halogens is 1. The molecule has 2 aromatic carbocycles. The Morgan fingerprint density at radius 2 is 1.88 bits per heavy atom. The number of nitrogens with one attached hydrogen (secondary N) is 1. The third kappa shape index (κ3) is 3.75. The minimum Gasteiger partial charge on any atom is -0.481 e. The molecule has 0 bridgehead atoms. The number of amides is 1. The van der Waals surface area contributed by atoms with Crippen molar-refractivity contribution in [1.82, 2.24) is 0 Å². The van der Waals surface area contributed by atoms with Crippen molar-refractivity contribution in [2.24, 2.45) is 0 Å². The molecule has 1 heterocycles. The number of Topliss-reactive ketones (excluding diaryl/α,β-unsaturated/α-hetero) is 1. The monoisotopic (exact) mass is 375 g/mol. The van der Waals surface area contributed by atoms with Gasteiger partial charge in [0.25, 0.3) is 5.91 Å². The van der Waals surface area contributed by atoms with Gasteiger partial charge in [-0.1, -0.05) is 11.6 Å². The molecule has 1 aliphatic heterocycles. The molecule has 0 unspecified atom stereocenters. The van der Waals surface area contributed by atoms with Crippen LogP contribution in [0.25, 0.3) is 0 Å². The minimum absolute atomic E-state index is 0.0828. The molecular formula is C19H18ClNO5. The standard InChI is InChI=1S/C19H18ClNO5/c1-10-6-13(20)4-5-16(10)26-12(3)19(23)21-15-8-18-17(24-9-25-18)7-14(15)11(2)22/h4-8,12H,9H2,1-3H3,(H,21,23)/t12-/m0/s1. The van der Waals surface area contributed by atoms with Gasteiger partial charge >= 0.3 is 0 Å². The lowest BCUT2D eigenvalue weighted by atomic mass is 10.1. The smallest absolute Gasteiger partial charge is 0.265 e. The predicted molar refractivity (Wildman–Crippen MR) is 97.5 cm³/mol. The maximum Gasteiger partial charge on any atom is 0.265 e. The van der Waals surface area contributed by atoms with Crippen molar-refractivity contribution in [3.63, 3.8) is 0 Å². The lowest BCUT2D eigenvalue weighted by Crippen LogP contribution is -2.30. The summed E-state index contributed by atoms with van der Waals surface area (Å²) >= 11 is 5.93. The van der Waals surface area contributed by atoms with E-state index in [4.69, 9.17) is 25.8 Å². The summed E-state index contributed by atoms with van der Waals surface area (Å²) in [5.74, 6) is 0.942. The van der Waals surface area contributed by atoms with Gasteiger partial charge in [0, 0.05) is 16.7 Å². The van der Waals surface area contributed by atoms with Gasteiger partial charge in [0.05, 0.1) is 5.69 Å². The van der Waals surface area contributed by atoms with Crippen LogP contribution in [0.2, 0.25) is 5.02 Å². The summed E-state index contributed by atoms with van der Waals surface area (Å²) in [4.78, 5) is 24.4. The van der Waals surface area contributed by atoms with E-state index in [1.54, 1.807) is 37.3 Å². The Morgan fingerprint density at radius 1 is 1.19 bits per heavy atom. The summed E-state index contributed by atoms with van der Waals surface area (Å²) in [5, 5.41) is 3.32. The van der Waals surface area contributed by atoms with Crippen LogP contribution in [0.15, 0.2) is 30.3 Å². The van der Waals surface area contributed by atoms with Crippen molar-refractivity contribution >= 4 is 29.0 Å². The van der Waals surface area contributed by atoms with E-state index in [1.807, 2.05) is 6.92 Å². The molecule has 1 aliphatic rings. The molecule has 2 aromatic rings. The molecule has 0 saturated carbocycles. The highest BCUT2D eigenvalue weighted by Gasteiger charge is 2.23. The Kier molecular flexibility index (Phi) is 5.04. The molecule has 0 spiro atoms. The van der Waals surface area contributed by atoms with Gasteiger partial charge in [-0.2, -0.15) is 0 Å². The highest BCUT2D eigenvalue weighted by atomic mass is 35.5. The molecular weight excluding hydrogens is 358 g/mol. The third-order valence-corrected chi connectivity index (χ3v) is 4.19. The fourth-order valence-electron chi connectivity index (χ4n) is 2.56. The zero-order valence-electron chi connectivity index (χ0n) is 14.6. The maximum atomic E-state index is 12.5. The summed E-state index contributed by atoms with van der Waals surface area (Å²) in [6.07, 6.45) is -0.778. The van der Waals surface area contributed by atoms with E-state index in [9.17, 15) is 9.59 Å². The van der Waals surface area contributed by atoms with Gasteiger partial charge in [-0.05, 0) is 50.6 Å². The lowest BCUT2D eigenvalue weighted by molar-refractivity contribution is -0.122. The molecule has 0 saturated heterocycles. The number of carbonyl (C=O) groups excluding carboxylic acids is 2. The molecule has 1 amide bonds. The molecule has 0 aliphatic carbocycles. The van der Waals surface area contributed by atoms with Gasteiger partial charge in [0.15, 0.2) is 23.4 Å². The molecule has 0 radical (unpaired) electrons. The van der Waals surface area contributed by atoms with E-state index >= 15 is 0 Å². The summed E-state index contributed by atoms with van der Waals surface area (Å²) in [6.45, 7) is 4.98. The molecule has 1 atom stereocenters. The first-order chi connectivity index (χ1) is 12.3. The summed E-state index contributed by atoms with van der Waals surface area (Å²) in [6, 6.07) is 8.31. The van der Waals surface area contributed by atoms with Crippen molar-refractivity contribution in [1.29, 1.82) is 0 Å². The van der Waals surface area contributed by atoms with Crippen LogP contribution < -0.4 is 19.5 Å². The SMILES string of the molecule is CC(=O)c1cc2c(cc1NC(=O)[C@H](C)Oc1ccc(Cl)cc1C)OCO2.